The molecule has 0 spiro atoms. The molecule has 2 aromatic carbocycles. The van der Waals surface area contributed by atoms with E-state index in [1.54, 1.807) is 24.4 Å². The fraction of sp³-hybridized carbons (Fsp3) is 0.182. The van der Waals surface area contributed by atoms with Gasteiger partial charge in [0.1, 0.15) is 12.4 Å². The fourth-order valence-corrected chi connectivity index (χ4v) is 7.42. The van der Waals surface area contributed by atoms with Crippen LogP contribution in [0.5, 0.6) is 5.88 Å². The molecule has 0 unspecified atom stereocenters. The zero-order chi connectivity index (χ0) is 31.5. The summed E-state index contributed by atoms with van der Waals surface area (Å²) in [7, 11) is 0. The number of rotatable bonds is 7. The zero-order valence-electron chi connectivity index (χ0n) is 23.9. The van der Waals surface area contributed by atoms with Gasteiger partial charge in [0.15, 0.2) is 17.5 Å². The molecule has 2 aliphatic rings. The van der Waals surface area contributed by atoms with Crippen LogP contribution in [0.1, 0.15) is 51.8 Å². The number of pyridine rings is 2. The summed E-state index contributed by atoms with van der Waals surface area (Å²) >= 11 is 1.33. The summed E-state index contributed by atoms with van der Waals surface area (Å²) in [6.45, 7) is 0.546. The molecule has 8 rings (SSSR count). The van der Waals surface area contributed by atoms with Gasteiger partial charge in [-0.05, 0) is 60.4 Å². The van der Waals surface area contributed by atoms with Crippen LogP contribution >= 0.6 is 11.3 Å². The number of nitrogens with one attached hydrogen (secondary N) is 1. The second kappa shape index (κ2) is 10.9. The minimum atomic E-state index is -0.975. The molecule has 1 saturated heterocycles. The molecule has 4 aromatic heterocycles. The Bertz CT molecular complexity index is 2230. The van der Waals surface area contributed by atoms with E-state index < -0.39 is 17.4 Å². The van der Waals surface area contributed by atoms with Crippen LogP contribution in [0.25, 0.3) is 31.9 Å². The van der Waals surface area contributed by atoms with Gasteiger partial charge in [0.2, 0.25) is 5.88 Å². The summed E-state index contributed by atoms with van der Waals surface area (Å²) in [4.78, 5) is 40.8. The van der Waals surface area contributed by atoms with E-state index in [0.717, 1.165) is 35.9 Å². The Morgan fingerprint density at radius 2 is 1.80 bits per heavy atom. The zero-order valence-corrected chi connectivity index (χ0v) is 24.7. The van der Waals surface area contributed by atoms with Gasteiger partial charge in [0.05, 0.1) is 33.3 Å². The fourth-order valence-electron chi connectivity index (χ4n) is 6.26. The largest absolute Gasteiger partial charge is 0.472 e. The summed E-state index contributed by atoms with van der Waals surface area (Å²) in [5.74, 6) is -2.84. The number of halogens is 3. The van der Waals surface area contributed by atoms with Crippen molar-refractivity contribution in [1.29, 1.82) is 0 Å². The van der Waals surface area contributed by atoms with Crippen molar-refractivity contribution in [2.24, 2.45) is 0 Å². The lowest BCUT2D eigenvalue weighted by Gasteiger charge is -2.16. The first-order valence-electron chi connectivity index (χ1n) is 14.5. The van der Waals surface area contributed by atoms with Crippen molar-refractivity contribution in [3.63, 3.8) is 0 Å². The van der Waals surface area contributed by atoms with E-state index in [4.69, 9.17) is 14.2 Å². The number of aromatic nitrogens is 4. The molecule has 6 heterocycles. The first-order valence-corrected chi connectivity index (χ1v) is 15.3. The second-order valence-electron chi connectivity index (χ2n) is 11.2. The van der Waals surface area contributed by atoms with Crippen LogP contribution in [0.3, 0.4) is 0 Å². The molecule has 2 aliphatic heterocycles. The van der Waals surface area contributed by atoms with E-state index in [-0.39, 0.29) is 42.5 Å². The third-order valence-corrected chi connectivity index (χ3v) is 9.47. The molecule has 0 aliphatic carbocycles. The van der Waals surface area contributed by atoms with Crippen LogP contribution in [0.4, 0.5) is 13.2 Å². The van der Waals surface area contributed by atoms with Gasteiger partial charge < -0.3 is 9.64 Å². The van der Waals surface area contributed by atoms with Crippen molar-refractivity contribution in [3.8, 4) is 27.7 Å². The Balaban J connectivity index is 1.32. The SMILES string of the molecule is O=C1c2c(nc(Cc3ccc(F)cc3)c(-c3noc(=O)[nH]3)c2-c2cc3ccnc(OCc4ccc(F)c(F)c4)c3s2)[C@@H]2CCCN12. The Hall–Kier alpha value is -5.30. The Morgan fingerprint density at radius 1 is 0.978 bits per heavy atom. The maximum atomic E-state index is 14.0. The highest BCUT2D eigenvalue weighted by Gasteiger charge is 2.44. The predicted octanol–water partition coefficient (Wildman–Crippen LogP) is 6.58. The Morgan fingerprint density at radius 3 is 2.59 bits per heavy atom. The summed E-state index contributed by atoms with van der Waals surface area (Å²) in [5, 5.41) is 4.77. The summed E-state index contributed by atoms with van der Waals surface area (Å²) < 4.78 is 52.6. The summed E-state index contributed by atoms with van der Waals surface area (Å²) in [6, 6.07) is 13.1. The highest BCUT2D eigenvalue weighted by atomic mass is 32.1. The lowest BCUT2D eigenvalue weighted by Crippen LogP contribution is -2.22. The molecule has 1 amide bonds. The van der Waals surface area contributed by atoms with E-state index in [2.05, 4.69) is 15.1 Å². The van der Waals surface area contributed by atoms with Gasteiger partial charge in [-0.25, -0.2) is 22.9 Å². The number of ether oxygens (including phenoxy) is 1. The first kappa shape index (κ1) is 28.2. The summed E-state index contributed by atoms with van der Waals surface area (Å²) in [5.41, 5.74) is 3.77. The third kappa shape index (κ3) is 4.74. The molecule has 0 bridgehead atoms. The molecule has 6 aromatic rings. The molecule has 13 heteroatoms. The number of H-pyrrole nitrogens is 1. The first-order chi connectivity index (χ1) is 22.3. The average molecular weight is 642 g/mol. The minimum absolute atomic E-state index is 0.0520. The number of hydrogen-bond acceptors (Lipinski definition) is 8. The number of amides is 1. The quantitative estimate of drug-likeness (QED) is 0.210. The standard InChI is InChI=1S/C33H22F3N5O4S/c34-19-6-3-16(4-7-19)13-22-25(30-39-33(43)45-40-30)26(27-28(38-22)23-2-1-11-41(23)32(27)42)24-14-18-9-10-37-31(29(18)46-24)44-15-17-5-8-20(35)21(36)12-17/h3-10,12,14,23H,1-2,11,13,15H2,(H,39,40,43)/t23-/m0/s1. The lowest BCUT2D eigenvalue weighted by atomic mass is 9.92. The van der Waals surface area contributed by atoms with Gasteiger partial charge in [-0.15, -0.1) is 11.3 Å². The van der Waals surface area contributed by atoms with Crippen molar-refractivity contribution < 1.29 is 27.2 Å². The maximum absolute atomic E-state index is 14.0. The molecule has 1 fully saturated rings. The van der Waals surface area contributed by atoms with E-state index >= 15 is 0 Å². The van der Waals surface area contributed by atoms with E-state index in [9.17, 15) is 22.8 Å². The van der Waals surface area contributed by atoms with E-state index in [1.165, 1.54) is 29.5 Å². The monoisotopic (exact) mass is 641 g/mol. The van der Waals surface area contributed by atoms with Crippen molar-refractivity contribution in [2.75, 3.05) is 6.54 Å². The van der Waals surface area contributed by atoms with E-state index in [0.29, 0.717) is 49.8 Å². The van der Waals surface area contributed by atoms with Crippen LogP contribution < -0.4 is 10.5 Å². The van der Waals surface area contributed by atoms with Crippen LogP contribution in [-0.4, -0.2) is 37.5 Å². The predicted molar refractivity (Wildman–Crippen MR) is 162 cm³/mol. The van der Waals surface area contributed by atoms with Gasteiger partial charge in [-0.1, -0.05) is 23.4 Å². The number of carbonyl (C=O) groups is 1. The van der Waals surface area contributed by atoms with Gasteiger partial charge in [0.25, 0.3) is 5.91 Å². The van der Waals surface area contributed by atoms with Crippen molar-refractivity contribution in [1.82, 2.24) is 25.0 Å². The number of fused-ring (bicyclic) bond motifs is 4. The molecule has 46 heavy (non-hydrogen) atoms. The van der Waals surface area contributed by atoms with Crippen molar-refractivity contribution in [2.45, 2.75) is 31.9 Å². The van der Waals surface area contributed by atoms with Gasteiger partial charge in [-0.3, -0.25) is 19.3 Å². The molecule has 0 saturated carbocycles. The number of thiophene rings is 1. The Labute approximate surface area is 262 Å². The molecule has 1 atom stereocenters. The topological polar surface area (TPSA) is 114 Å². The molecule has 9 nitrogen and oxygen atoms in total. The lowest BCUT2D eigenvalue weighted by molar-refractivity contribution is 0.0776. The van der Waals surface area contributed by atoms with E-state index in [1.807, 2.05) is 11.0 Å². The van der Waals surface area contributed by atoms with Crippen molar-refractivity contribution >= 4 is 27.3 Å². The average Bonchev–Trinajstić information content (AvgIpc) is 3.84. The molecular formula is C33H22F3N5O4S. The number of carbonyl (C=O) groups excluding carboxylic acids is 1. The number of benzene rings is 2. The molecular weight excluding hydrogens is 619 g/mol. The van der Waals surface area contributed by atoms with Crippen LogP contribution in [0.2, 0.25) is 0 Å². The highest BCUT2D eigenvalue weighted by Crippen LogP contribution is 2.50. The van der Waals surface area contributed by atoms with Crippen molar-refractivity contribution in [3.05, 3.63) is 117 Å². The van der Waals surface area contributed by atoms with Crippen LogP contribution in [-0.2, 0) is 13.0 Å². The van der Waals surface area contributed by atoms with Gasteiger partial charge in [-0.2, -0.15) is 0 Å². The molecule has 1 N–H and O–H groups in total. The molecule has 0 radical (unpaired) electrons. The number of nitrogens with zero attached hydrogens (tertiary/aromatic N) is 4. The highest BCUT2D eigenvalue weighted by molar-refractivity contribution is 7.22. The molecule has 230 valence electrons. The smallest absolute Gasteiger partial charge is 0.439 e. The Kier molecular flexibility index (Phi) is 6.71. The third-order valence-electron chi connectivity index (χ3n) is 8.31. The normalized spacial score (nSPS) is 15.5. The number of aromatic amines is 1. The van der Waals surface area contributed by atoms with Crippen LogP contribution in [0.15, 0.2) is 70.1 Å². The van der Waals surface area contributed by atoms with Gasteiger partial charge in [0, 0.05) is 35.0 Å². The second-order valence-corrected chi connectivity index (χ2v) is 12.2. The minimum Gasteiger partial charge on any atom is -0.472 e. The number of hydrogen-bond donors (Lipinski definition) is 1. The maximum Gasteiger partial charge on any atom is 0.439 e. The van der Waals surface area contributed by atoms with Crippen LogP contribution in [0, 0.1) is 17.5 Å². The summed E-state index contributed by atoms with van der Waals surface area (Å²) in [6.07, 6.45) is 3.46. The van der Waals surface area contributed by atoms with Gasteiger partial charge >= 0.3 is 5.76 Å².